The Kier molecular flexibility index (Phi) is 5.43. The van der Waals surface area contributed by atoms with Gasteiger partial charge in [-0.05, 0) is 41.5 Å². The van der Waals surface area contributed by atoms with E-state index in [1.807, 2.05) is 0 Å². The zero-order valence-corrected chi connectivity index (χ0v) is 13.9. The lowest BCUT2D eigenvalue weighted by Gasteiger charge is -2.08. The molecule has 3 aromatic rings. The van der Waals surface area contributed by atoms with Gasteiger partial charge in [-0.25, -0.2) is 4.39 Å². The third-order valence-electron chi connectivity index (χ3n) is 3.76. The minimum Gasteiger partial charge on any atom is -0.459 e. The van der Waals surface area contributed by atoms with Crippen LogP contribution in [0.25, 0.3) is 0 Å². The average Bonchev–Trinajstić information content (AvgIpc) is 3.18. The quantitative estimate of drug-likeness (QED) is 0.713. The molecule has 2 amide bonds. The Morgan fingerprint density at radius 2 is 1.73 bits per heavy atom. The summed E-state index contributed by atoms with van der Waals surface area (Å²) in [5.41, 5.74) is 1.84. The molecule has 2 aromatic carbocycles. The molecule has 26 heavy (non-hydrogen) atoms. The van der Waals surface area contributed by atoms with Crippen molar-refractivity contribution in [2.24, 2.45) is 0 Å². The van der Waals surface area contributed by atoms with Crippen molar-refractivity contribution in [1.82, 2.24) is 5.32 Å². The number of carbonyl (C=O) groups is 2. The SMILES string of the molecule is O=C(Cc1ccccc1F)NCc1ccc(NC(=O)c2ccco2)cc1. The number of furan rings is 1. The molecule has 0 saturated heterocycles. The predicted octanol–water partition coefficient (Wildman–Crippen LogP) is 3.53. The van der Waals surface area contributed by atoms with Gasteiger partial charge in [0.1, 0.15) is 5.82 Å². The highest BCUT2D eigenvalue weighted by atomic mass is 19.1. The third kappa shape index (κ3) is 4.57. The second kappa shape index (κ2) is 8.11. The van der Waals surface area contributed by atoms with Crippen LogP contribution < -0.4 is 10.6 Å². The van der Waals surface area contributed by atoms with Crippen molar-refractivity contribution in [2.45, 2.75) is 13.0 Å². The fraction of sp³-hybridized carbons (Fsp3) is 0.100. The lowest BCUT2D eigenvalue weighted by atomic mass is 10.1. The molecule has 2 N–H and O–H groups in total. The first-order valence-corrected chi connectivity index (χ1v) is 8.06. The molecule has 0 radical (unpaired) electrons. The molecule has 0 fully saturated rings. The minimum atomic E-state index is -0.390. The Morgan fingerprint density at radius 3 is 2.42 bits per heavy atom. The van der Waals surface area contributed by atoms with Crippen LogP contribution in [0.1, 0.15) is 21.7 Å². The van der Waals surface area contributed by atoms with Crippen molar-refractivity contribution in [3.8, 4) is 0 Å². The smallest absolute Gasteiger partial charge is 0.291 e. The number of amides is 2. The van der Waals surface area contributed by atoms with Gasteiger partial charge in [0.2, 0.25) is 5.91 Å². The van der Waals surface area contributed by atoms with E-state index in [0.717, 1.165) is 5.56 Å². The summed E-state index contributed by atoms with van der Waals surface area (Å²) in [6.45, 7) is 0.319. The van der Waals surface area contributed by atoms with E-state index >= 15 is 0 Å². The Labute approximate surface area is 149 Å². The molecule has 1 aromatic heterocycles. The van der Waals surface area contributed by atoms with Crippen LogP contribution in [-0.4, -0.2) is 11.8 Å². The van der Waals surface area contributed by atoms with E-state index in [0.29, 0.717) is 17.8 Å². The molecule has 0 aliphatic heterocycles. The second-order valence-corrected chi connectivity index (χ2v) is 5.67. The van der Waals surface area contributed by atoms with Gasteiger partial charge in [0.25, 0.3) is 5.91 Å². The predicted molar refractivity (Wildman–Crippen MR) is 95.1 cm³/mol. The standard InChI is InChI=1S/C20H17FN2O3/c21-17-5-2-1-4-15(17)12-19(24)22-13-14-7-9-16(10-8-14)23-20(25)18-6-3-11-26-18/h1-11H,12-13H2,(H,22,24)(H,23,25). The van der Waals surface area contributed by atoms with Crippen molar-refractivity contribution in [3.05, 3.63) is 89.6 Å². The minimum absolute atomic E-state index is 0.00996. The summed E-state index contributed by atoms with van der Waals surface area (Å²) in [4.78, 5) is 23.8. The van der Waals surface area contributed by atoms with Crippen molar-refractivity contribution in [1.29, 1.82) is 0 Å². The molecule has 0 aliphatic rings. The highest BCUT2D eigenvalue weighted by Gasteiger charge is 2.09. The van der Waals surface area contributed by atoms with Crippen molar-refractivity contribution < 1.29 is 18.4 Å². The monoisotopic (exact) mass is 352 g/mol. The zero-order valence-electron chi connectivity index (χ0n) is 13.9. The molecule has 0 spiro atoms. The number of rotatable bonds is 6. The molecule has 0 aliphatic carbocycles. The third-order valence-corrected chi connectivity index (χ3v) is 3.76. The molecular formula is C20H17FN2O3. The van der Waals surface area contributed by atoms with E-state index in [-0.39, 0.29) is 29.8 Å². The van der Waals surface area contributed by atoms with Gasteiger partial charge >= 0.3 is 0 Å². The van der Waals surface area contributed by atoms with Crippen LogP contribution in [-0.2, 0) is 17.8 Å². The summed E-state index contributed by atoms with van der Waals surface area (Å²) >= 11 is 0. The van der Waals surface area contributed by atoms with Crippen LogP contribution >= 0.6 is 0 Å². The zero-order chi connectivity index (χ0) is 18.4. The van der Waals surface area contributed by atoms with Crippen molar-refractivity contribution in [2.75, 3.05) is 5.32 Å². The van der Waals surface area contributed by atoms with Gasteiger partial charge in [-0.3, -0.25) is 9.59 Å². The number of benzene rings is 2. The van der Waals surface area contributed by atoms with Gasteiger partial charge in [-0.2, -0.15) is 0 Å². The van der Waals surface area contributed by atoms with E-state index in [1.165, 1.54) is 12.3 Å². The maximum atomic E-state index is 13.5. The molecule has 3 rings (SSSR count). The Bertz CT molecular complexity index is 890. The van der Waals surface area contributed by atoms with Gasteiger partial charge in [0.05, 0.1) is 12.7 Å². The van der Waals surface area contributed by atoms with Crippen LogP contribution in [0.2, 0.25) is 0 Å². The van der Waals surface area contributed by atoms with E-state index in [2.05, 4.69) is 10.6 Å². The second-order valence-electron chi connectivity index (χ2n) is 5.67. The molecular weight excluding hydrogens is 335 g/mol. The first kappa shape index (κ1) is 17.4. The summed E-state index contributed by atoms with van der Waals surface area (Å²) in [6, 6.07) is 16.5. The molecule has 132 valence electrons. The van der Waals surface area contributed by atoms with Crippen LogP contribution in [0.15, 0.2) is 71.3 Å². The van der Waals surface area contributed by atoms with Crippen LogP contribution in [0.3, 0.4) is 0 Å². The summed E-state index contributed by atoms with van der Waals surface area (Å²) in [7, 11) is 0. The number of hydrogen-bond donors (Lipinski definition) is 2. The average molecular weight is 352 g/mol. The molecule has 0 atom stereocenters. The topological polar surface area (TPSA) is 71.3 Å². The Balaban J connectivity index is 1.50. The number of halogens is 1. The van der Waals surface area contributed by atoms with Crippen LogP contribution in [0.5, 0.6) is 0 Å². The van der Waals surface area contributed by atoms with Crippen molar-refractivity contribution >= 4 is 17.5 Å². The number of carbonyl (C=O) groups excluding carboxylic acids is 2. The highest BCUT2D eigenvalue weighted by molar-refractivity contribution is 6.02. The van der Waals surface area contributed by atoms with Crippen LogP contribution in [0.4, 0.5) is 10.1 Å². The lowest BCUT2D eigenvalue weighted by Crippen LogP contribution is -2.24. The van der Waals surface area contributed by atoms with Gasteiger partial charge in [-0.1, -0.05) is 30.3 Å². The molecule has 1 heterocycles. The van der Waals surface area contributed by atoms with Gasteiger partial charge < -0.3 is 15.1 Å². The van der Waals surface area contributed by atoms with Crippen LogP contribution in [0, 0.1) is 5.82 Å². The molecule has 6 heteroatoms. The van der Waals surface area contributed by atoms with E-state index in [9.17, 15) is 14.0 Å². The summed E-state index contributed by atoms with van der Waals surface area (Å²) in [5.74, 6) is -0.750. The van der Waals surface area contributed by atoms with Gasteiger partial charge in [0.15, 0.2) is 5.76 Å². The van der Waals surface area contributed by atoms with E-state index in [1.54, 1.807) is 54.6 Å². The molecule has 0 unspecified atom stereocenters. The van der Waals surface area contributed by atoms with Gasteiger partial charge in [0, 0.05) is 12.2 Å². The first-order chi connectivity index (χ1) is 12.6. The fourth-order valence-corrected chi connectivity index (χ4v) is 2.38. The maximum absolute atomic E-state index is 13.5. The molecule has 0 saturated carbocycles. The number of hydrogen-bond acceptors (Lipinski definition) is 3. The fourth-order valence-electron chi connectivity index (χ4n) is 2.38. The summed E-state index contributed by atoms with van der Waals surface area (Å²) in [6.07, 6.45) is 1.42. The molecule has 5 nitrogen and oxygen atoms in total. The first-order valence-electron chi connectivity index (χ1n) is 8.06. The van der Waals surface area contributed by atoms with Crippen molar-refractivity contribution in [3.63, 3.8) is 0 Å². The Hall–Kier alpha value is -3.41. The molecule has 0 bridgehead atoms. The normalized spacial score (nSPS) is 10.3. The highest BCUT2D eigenvalue weighted by Crippen LogP contribution is 2.12. The lowest BCUT2D eigenvalue weighted by molar-refractivity contribution is -0.120. The van der Waals surface area contributed by atoms with E-state index in [4.69, 9.17) is 4.42 Å². The maximum Gasteiger partial charge on any atom is 0.291 e. The summed E-state index contributed by atoms with van der Waals surface area (Å²) < 4.78 is 18.6. The summed E-state index contributed by atoms with van der Waals surface area (Å²) in [5, 5.41) is 5.46. The number of anilines is 1. The number of nitrogens with one attached hydrogen (secondary N) is 2. The Morgan fingerprint density at radius 1 is 0.962 bits per heavy atom. The van der Waals surface area contributed by atoms with E-state index < -0.39 is 0 Å². The largest absolute Gasteiger partial charge is 0.459 e. The van der Waals surface area contributed by atoms with Gasteiger partial charge in [-0.15, -0.1) is 0 Å².